The van der Waals surface area contributed by atoms with E-state index in [0.717, 1.165) is 0 Å². The molecule has 1 heterocycles. The molecule has 0 N–H and O–H groups in total. The molecule has 0 atom stereocenters. The maximum atomic E-state index is 5.86. The van der Waals surface area contributed by atoms with E-state index in [1.165, 1.54) is 44.5 Å². The van der Waals surface area contributed by atoms with E-state index in [4.69, 9.17) is 4.74 Å². The van der Waals surface area contributed by atoms with Gasteiger partial charge in [-0.2, -0.15) is 0 Å². The van der Waals surface area contributed by atoms with Crippen LogP contribution in [-0.4, -0.2) is 0 Å². The maximum absolute atomic E-state index is 5.86. The molecular weight excluding hydrogens is 328 g/mol. The van der Waals surface area contributed by atoms with Crippen LogP contribution in [0.25, 0.3) is 33.4 Å². The first-order valence-electron chi connectivity index (χ1n) is 9.34. The number of benzene rings is 4. The second-order valence-electron chi connectivity index (χ2n) is 6.90. The van der Waals surface area contributed by atoms with Gasteiger partial charge in [0.2, 0.25) is 0 Å². The average Bonchev–Trinajstić information content (AvgIpc) is 3.23. The molecule has 0 saturated heterocycles. The van der Waals surface area contributed by atoms with E-state index in [1.54, 1.807) is 0 Å². The van der Waals surface area contributed by atoms with Crippen molar-refractivity contribution in [2.24, 2.45) is 0 Å². The topological polar surface area (TPSA) is 9.23 Å². The fraction of sp³-hybridized carbons (Fsp3) is 0.0769. The molecule has 130 valence electrons. The van der Waals surface area contributed by atoms with E-state index < -0.39 is 0 Å². The second kappa shape index (κ2) is 6.86. The lowest BCUT2D eigenvalue weighted by atomic mass is 9.83. The predicted molar refractivity (Wildman–Crippen MR) is 111 cm³/mol. The minimum absolute atomic E-state index is 0.675. The molecule has 0 bridgehead atoms. The van der Waals surface area contributed by atoms with Crippen LogP contribution in [-0.2, 0) is 18.0 Å². The standard InChI is InChI=1S/C26H20O/c1-4-10-19(11-5-1)23-16-22-17-27-18-24(22)26(21-14-8-3-9-15-21)25(23)20-12-6-2-7-13-20/h1-16H,17-18H2. The van der Waals surface area contributed by atoms with Crippen LogP contribution in [0.4, 0.5) is 0 Å². The Hall–Kier alpha value is -3.16. The van der Waals surface area contributed by atoms with Crippen molar-refractivity contribution in [3.05, 3.63) is 108 Å². The molecule has 4 aromatic carbocycles. The van der Waals surface area contributed by atoms with Gasteiger partial charge in [0.1, 0.15) is 0 Å². The predicted octanol–water partition coefficient (Wildman–Crippen LogP) is 6.72. The van der Waals surface area contributed by atoms with Crippen LogP contribution in [0.1, 0.15) is 11.1 Å². The normalized spacial score (nSPS) is 12.7. The zero-order chi connectivity index (χ0) is 18.1. The molecule has 0 saturated carbocycles. The summed E-state index contributed by atoms with van der Waals surface area (Å²) in [7, 11) is 0. The van der Waals surface area contributed by atoms with Crippen LogP contribution < -0.4 is 0 Å². The second-order valence-corrected chi connectivity index (χ2v) is 6.90. The minimum Gasteiger partial charge on any atom is -0.372 e. The summed E-state index contributed by atoms with van der Waals surface area (Å²) in [5.74, 6) is 0. The fourth-order valence-corrected chi connectivity index (χ4v) is 4.01. The highest BCUT2D eigenvalue weighted by atomic mass is 16.5. The summed E-state index contributed by atoms with van der Waals surface area (Å²) in [5.41, 5.74) is 10.2. The Balaban J connectivity index is 1.90. The summed E-state index contributed by atoms with van der Waals surface area (Å²) >= 11 is 0. The lowest BCUT2D eigenvalue weighted by Crippen LogP contribution is -1.97. The molecule has 1 nitrogen and oxygen atoms in total. The summed E-state index contributed by atoms with van der Waals surface area (Å²) < 4.78 is 5.86. The monoisotopic (exact) mass is 348 g/mol. The van der Waals surface area contributed by atoms with Gasteiger partial charge >= 0.3 is 0 Å². The Morgan fingerprint density at radius 3 is 1.63 bits per heavy atom. The fourth-order valence-electron chi connectivity index (χ4n) is 4.01. The van der Waals surface area contributed by atoms with Crippen molar-refractivity contribution in [3.63, 3.8) is 0 Å². The molecule has 0 spiro atoms. The number of rotatable bonds is 3. The molecule has 0 amide bonds. The van der Waals surface area contributed by atoms with Gasteiger partial charge in [0.05, 0.1) is 13.2 Å². The van der Waals surface area contributed by atoms with Crippen molar-refractivity contribution in [2.75, 3.05) is 0 Å². The summed E-state index contributed by atoms with van der Waals surface area (Å²) in [6.45, 7) is 1.36. The van der Waals surface area contributed by atoms with Crippen molar-refractivity contribution in [2.45, 2.75) is 13.2 Å². The molecule has 1 heteroatoms. The molecule has 0 aromatic heterocycles. The number of fused-ring (bicyclic) bond motifs is 1. The third-order valence-electron chi connectivity index (χ3n) is 5.24. The third-order valence-corrected chi connectivity index (χ3v) is 5.24. The number of ether oxygens (including phenoxy) is 1. The first-order chi connectivity index (χ1) is 13.4. The van der Waals surface area contributed by atoms with Crippen LogP contribution in [0.15, 0.2) is 97.1 Å². The summed E-state index contributed by atoms with van der Waals surface area (Å²) in [6.07, 6.45) is 0. The molecule has 27 heavy (non-hydrogen) atoms. The Bertz CT molecular complexity index is 1070. The van der Waals surface area contributed by atoms with Crippen LogP contribution in [0.5, 0.6) is 0 Å². The van der Waals surface area contributed by atoms with Crippen LogP contribution in [0, 0.1) is 0 Å². The van der Waals surface area contributed by atoms with E-state index in [9.17, 15) is 0 Å². The van der Waals surface area contributed by atoms with Crippen LogP contribution in [0.3, 0.4) is 0 Å². The quantitative estimate of drug-likeness (QED) is 0.399. The first kappa shape index (κ1) is 16.0. The van der Waals surface area contributed by atoms with E-state index in [2.05, 4.69) is 97.1 Å². The SMILES string of the molecule is c1ccc(-c2cc3c(c(-c4ccccc4)c2-c2ccccc2)COC3)cc1. The largest absolute Gasteiger partial charge is 0.372 e. The lowest BCUT2D eigenvalue weighted by molar-refractivity contribution is 0.134. The van der Waals surface area contributed by atoms with Gasteiger partial charge < -0.3 is 4.74 Å². The van der Waals surface area contributed by atoms with Crippen molar-refractivity contribution in [1.29, 1.82) is 0 Å². The highest BCUT2D eigenvalue weighted by Crippen LogP contribution is 2.45. The van der Waals surface area contributed by atoms with Crippen LogP contribution in [0.2, 0.25) is 0 Å². The smallest absolute Gasteiger partial charge is 0.0731 e. The Kier molecular flexibility index (Phi) is 4.08. The Morgan fingerprint density at radius 1 is 0.519 bits per heavy atom. The van der Waals surface area contributed by atoms with Gasteiger partial charge in [0, 0.05) is 0 Å². The van der Waals surface area contributed by atoms with Crippen molar-refractivity contribution in [1.82, 2.24) is 0 Å². The third kappa shape index (κ3) is 2.87. The van der Waals surface area contributed by atoms with E-state index >= 15 is 0 Å². The molecule has 0 fully saturated rings. The van der Waals surface area contributed by atoms with Gasteiger partial charge in [0.15, 0.2) is 0 Å². The molecule has 4 aromatic rings. The van der Waals surface area contributed by atoms with E-state index in [1.807, 2.05) is 0 Å². The van der Waals surface area contributed by atoms with Gasteiger partial charge in [-0.05, 0) is 50.6 Å². The molecule has 1 aliphatic rings. The molecule has 0 radical (unpaired) electrons. The minimum atomic E-state index is 0.675. The van der Waals surface area contributed by atoms with Crippen molar-refractivity contribution >= 4 is 0 Å². The van der Waals surface area contributed by atoms with Gasteiger partial charge in [-0.15, -0.1) is 0 Å². The van der Waals surface area contributed by atoms with Gasteiger partial charge in [0.25, 0.3) is 0 Å². The summed E-state index contributed by atoms with van der Waals surface area (Å²) in [6, 6.07) is 34.4. The summed E-state index contributed by atoms with van der Waals surface area (Å²) in [5, 5.41) is 0. The highest BCUT2D eigenvalue weighted by molar-refractivity contribution is 5.96. The van der Waals surface area contributed by atoms with Crippen molar-refractivity contribution in [3.8, 4) is 33.4 Å². The molecule has 5 rings (SSSR count). The average molecular weight is 348 g/mol. The molecule has 0 unspecified atom stereocenters. The molecular formula is C26H20O. The maximum Gasteiger partial charge on any atom is 0.0731 e. The zero-order valence-corrected chi connectivity index (χ0v) is 15.1. The van der Waals surface area contributed by atoms with E-state index in [-0.39, 0.29) is 0 Å². The summed E-state index contributed by atoms with van der Waals surface area (Å²) in [4.78, 5) is 0. The number of hydrogen-bond donors (Lipinski definition) is 0. The van der Waals surface area contributed by atoms with Gasteiger partial charge in [-0.25, -0.2) is 0 Å². The Morgan fingerprint density at radius 2 is 1.04 bits per heavy atom. The lowest BCUT2D eigenvalue weighted by Gasteiger charge is -2.20. The first-order valence-corrected chi connectivity index (χ1v) is 9.34. The molecule has 0 aliphatic carbocycles. The highest BCUT2D eigenvalue weighted by Gasteiger charge is 2.24. The van der Waals surface area contributed by atoms with Crippen LogP contribution >= 0.6 is 0 Å². The van der Waals surface area contributed by atoms with E-state index in [0.29, 0.717) is 13.2 Å². The molecule has 1 aliphatic heterocycles. The Labute approximate surface area is 159 Å². The number of hydrogen-bond acceptors (Lipinski definition) is 1. The van der Waals surface area contributed by atoms with Crippen molar-refractivity contribution < 1.29 is 4.74 Å². The van der Waals surface area contributed by atoms with Gasteiger partial charge in [-0.3, -0.25) is 0 Å². The van der Waals surface area contributed by atoms with Gasteiger partial charge in [-0.1, -0.05) is 91.0 Å². The zero-order valence-electron chi connectivity index (χ0n) is 15.1.